The fourth-order valence-corrected chi connectivity index (χ4v) is 1.76. The first-order chi connectivity index (χ1) is 9.65. The first kappa shape index (κ1) is 12.0. The van der Waals surface area contributed by atoms with Crippen molar-refractivity contribution in [3.8, 4) is 40.1 Å². The molecule has 0 amide bonds. The monoisotopic (exact) mass is 270 g/mol. The van der Waals surface area contributed by atoms with Gasteiger partial charge >= 0.3 is 0 Å². The van der Waals surface area contributed by atoms with Gasteiger partial charge in [0.25, 0.3) is 5.89 Å². The van der Waals surface area contributed by atoms with Gasteiger partial charge in [-0.2, -0.15) is 4.98 Å². The standard InChI is InChI=1S/C14H10N2O4/c17-9-6-4-8(5-7-9)13-15-14(20-16-13)10-2-1-3-11(18)12(10)19/h1-7,17-19H. The van der Waals surface area contributed by atoms with Crippen LogP contribution in [0.2, 0.25) is 0 Å². The van der Waals surface area contributed by atoms with Crippen LogP contribution in [0.1, 0.15) is 0 Å². The molecule has 2 aromatic carbocycles. The van der Waals surface area contributed by atoms with Crippen molar-refractivity contribution in [3.05, 3.63) is 42.5 Å². The van der Waals surface area contributed by atoms with Crippen LogP contribution >= 0.6 is 0 Å². The Balaban J connectivity index is 2.02. The average Bonchev–Trinajstić information content (AvgIpc) is 2.92. The number of rotatable bonds is 2. The van der Waals surface area contributed by atoms with Crippen LogP contribution in [0.15, 0.2) is 47.0 Å². The van der Waals surface area contributed by atoms with Crippen molar-refractivity contribution in [1.29, 1.82) is 0 Å². The summed E-state index contributed by atoms with van der Waals surface area (Å²) in [6.45, 7) is 0. The van der Waals surface area contributed by atoms with Gasteiger partial charge in [-0.3, -0.25) is 0 Å². The summed E-state index contributed by atoms with van der Waals surface area (Å²) >= 11 is 0. The topological polar surface area (TPSA) is 99.6 Å². The van der Waals surface area contributed by atoms with Crippen molar-refractivity contribution < 1.29 is 19.8 Å². The van der Waals surface area contributed by atoms with Crippen molar-refractivity contribution in [2.75, 3.05) is 0 Å². The summed E-state index contributed by atoms with van der Waals surface area (Å²) < 4.78 is 5.08. The number of phenols is 3. The quantitative estimate of drug-likeness (QED) is 0.619. The smallest absolute Gasteiger partial charge is 0.262 e. The molecule has 0 saturated carbocycles. The third-order valence-electron chi connectivity index (χ3n) is 2.80. The molecule has 0 atom stereocenters. The van der Waals surface area contributed by atoms with Crippen molar-refractivity contribution in [3.63, 3.8) is 0 Å². The Hall–Kier alpha value is -3.02. The van der Waals surface area contributed by atoms with E-state index in [0.29, 0.717) is 11.4 Å². The second-order valence-electron chi connectivity index (χ2n) is 4.14. The first-order valence-electron chi connectivity index (χ1n) is 5.79. The lowest BCUT2D eigenvalue weighted by atomic mass is 10.2. The molecule has 0 fully saturated rings. The summed E-state index contributed by atoms with van der Waals surface area (Å²) in [6.07, 6.45) is 0. The SMILES string of the molecule is Oc1ccc(-c2noc(-c3cccc(O)c3O)n2)cc1. The molecule has 3 rings (SSSR count). The van der Waals surface area contributed by atoms with Crippen LogP contribution in [0.3, 0.4) is 0 Å². The maximum atomic E-state index is 9.76. The van der Waals surface area contributed by atoms with E-state index in [1.54, 1.807) is 24.3 Å². The number of phenolic OH excluding ortho intramolecular Hbond substituents is 3. The van der Waals surface area contributed by atoms with E-state index in [2.05, 4.69) is 10.1 Å². The molecule has 100 valence electrons. The predicted octanol–water partition coefficient (Wildman–Crippen LogP) is 2.52. The highest BCUT2D eigenvalue weighted by Gasteiger charge is 2.15. The molecule has 0 spiro atoms. The van der Waals surface area contributed by atoms with E-state index in [0.717, 1.165) is 0 Å². The van der Waals surface area contributed by atoms with E-state index < -0.39 is 0 Å². The zero-order chi connectivity index (χ0) is 14.1. The average molecular weight is 270 g/mol. The van der Waals surface area contributed by atoms with Gasteiger partial charge in [0, 0.05) is 5.56 Å². The third kappa shape index (κ3) is 2.03. The highest BCUT2D eigenvalue weighted by Crippen LogP contribution is 2.35. The molecular weight excluding hydrogens is 260 g/mol. The summed E-state index contributed by atoms with van der Waals surface area (Å²) in [6, 6.07) is 10.8. The van der Waals surface area contributed by atoms with Gasteiger partial charge in [-0.15, -0.1) is 0 Å². The number of nitrogens with zero attached hydrogens (tertiary/aromatic N) is 2. The van der Waals surface area contributed by atoms with Gasteiger partial charge in [0.05, 0.1) is 5.56 Å². The van der Waals surface area contributed by atoms with E-state index in [4.69, 9.17) is 4.52 Å². The number of hydrogen-bond donors (Lipinski definition) is 3. The van der Waals surface area contributed by atoms with Crippen molar-refractivity contribution in [2.24, 2.45) is 0 Å². The van der Waals surface area contributed by atoms with Gasteiger partial charge in [-0.05, 0) is 36.4 Å². The molecule has 0 unspecified atom stereocenters. The minimum absolute atomic E-state index is 0.0986. The predicted molar refractivity (Wildman–Crippen MR) is 70.2 cm³/mol. The summed E-state index contributed by atoms with van der Waals surface area (Å²) in [5, 5.41) is 32.2. The minimum Gasteiger partial charge on any atom is -0.508 e. The maximum Gasteiger partial charge on any atom is 0.262 e. The molecule has 3 aromatic rings. The van der Waals surface area contributed by atoms with Crippen molar-refractivity contribution >= 4 is 0 Å². The van der Waals surface area contributed by atoms with Crippen LogP contribution in [-0.4, -0.2) is 25.5 Å². The number of aromatic nitrogens is 2. The summed E-state index contributed by atoms with van der Waals surface area (Å²) in [4.78, 5) is 4.15. The van der Waals surface area contributed by atoms with Gasteiger partial charge in [0.1, 0.15) is 5.75 Å². The Bertz CT molecular complexity index is 750. The second kappa shape index (κ2) is 4.58. The van der Waals surface area contributed by atoms with E-state index in [9.17, 15) is 15.3 Å². The molecule has 0 radical (unpaired) electrons. The molecule has 6 nitrogen and oxygen atoms in total. The highest BCUT2D eigenvalue weighted by atomic mass is 16.5. The van der Waals surface area contributed by atoms with Crippen LogP contribution in [-0.2, 0) is 0 Å². The Labute approximate surface area is 113 Å². The number of para-hydroxylation sites is 1. The molecule has 0 bridgehead atoms. The lowest BCUT2D eigenvalue weighted by molar-refractivity contribution is 0.397. The number of hydrogen-bond acceptors (Lipinski definition) is 6. The molecule has 6 heteroatoms. The van der Waals surface area contributed by atoms with Gasteiger partial charge in [0.15, 0.2) is 11.5 Å². The largest absolute Gasteiger partial charge is 0.508 e. The van der Waals surface area contributed by atoms with Gasteiger partial charge < -0.3 is 19.8 Å². The lowest BCUT2D eigenvalue weighted by Gasteiger charge is -2.00. The van der Waals surface area contributed by atoms with E-state index in [-0.39, 0.29) is 28.7 Å². The molecule has 0 aliphatic carbocycles. The van der Waals surface area contributed by atoms with Gasteiger partial charge in [-0.25, -0.2) is 0 Å². The van der Waals surface area contributed by atoms with Gasteiger partial charge in [-0.1, -0.05) is 11.2 Å². The molecule has 20 heavy (non-hydrogen) atoms. The Morgan fingerprint density at radius 3 is 2.40 bits per heavy atom. The molecule has 1 aromatic heterocycles. The number of benzene rings is 2. The normalized spacial score (nSPS) is 10.6. The summed E-state index contributed by atoms with van der Waals surface area (Å²) in [5.74, 6) is -0.00685. The minimum atomic E-state index is -0.312. The van der Waals surface area contributed by atoms with Crippen LogP contribution < -0.4 is 0 Å². The highest BCUT2D eigenvalue weighted by molar-refractivity contribution is 5.68. The zero-order valence-electron chi connectivity index (χ0n) is 10.2. The van der Waals surface area contributed by atoms with Crippen molar-refractivity contribution in [1.82, 2.24) is 10.1 Å². The Morgan fingerprint density at radius 1 is 0.900 bits per heavy atom. The van der Waals surface area contributed by atoms with Crippen LogP contribution in [0.4, 0.5) is 0 Å². The van der Waals surface area contributed by atoms with E-state index >= 15 is 0 Å². The van der Waals surface area contributed by atoms with Crippen LogP contribution in [0, 0.1) is 0 Å². The Kier molecular flexibility index (Phi) is 2.76. The summed E-state index contributed by atoms with van der Waals surface area (Å²) in [7, 11) is 0. The molecule has 0 saturated heterocycles. The van der Waals surface area contributed by atoms with E-state index in [1.807, 2.05) is 0 Å². The van der Waals surface area contributed by atoms with Crippen LogP contribution in [0.5, 0.6) is 17.2 Å². The molecule has 3 N–H and O–H groups in total. The third-order valence-corrected chi connectivity index (χ3v) is 2.80. The van der Waals surface area contributed by atoms with Crippen molar-refractivity contribution in [2.45, 2.75) is 0 Å². The fraction of sp³-hybridized carbons (Fsp3) is 0. The maximum absolute atomic E-state index is 9.76. The Morgan fingerprint density at radius 2 is 1.65 bits per heavy atom. The zero-order valence-corrected chi connectivity index (χ0v) is 10.2. The first-order valence-corrected chi connectivity index (χ1v) is 5.79. The van der Waals surface area contributed by atoms with Crippen LogP contribution in [0.25, 0.3) is 22.8 Å². The molecular formula is C14H10N2O4. The fourth-order valence-electron chi connectivity index (χ4n) is 1.76. The lowest BCUT2D eigenvalue weighted by Crippen LogP contribution is -1.82. The second-order valence-corrected chi connectivity index (χ2v) is 4.14. The van der Waals surface area contributed by atoms with Gasteiger partial charge in [0.2, 0.25) is 5.82 Å². The summed E-state index contributed by atoms with van der Waals surface area (Å²) in [5.41, 5.74) is 0.917. The molecule has 1 heterocycles. The number of aromatic hydroxyl groups is 3. The molecule has 0 aliphatic heterocycles. The van der Waals surface area contributed by atoms with E-state index in [1.165, 1.54) is 18.2 Å². The molecule has 0 aliphatic rings.